The molecule has 0 aliphatic carbocycles. The molecule has 0 bridgehead atoms. The van der Waals surface area contributed by atoms with Crippen LogP contribution >= 0.6 is 11.3 Å². The lowest BCUT2D eigenvalue weighted by Gasteiger charge is -2.30. The molecule has 3 rings (SSSR count). The molecule has 8 nitrogen and oxygen atoms in total. The highest BCUT2D eigenvalue weighted by Gasteiger charge is 2.26. The Labute approximate surface area is 192 Å². The van der Waals surface area contributed by atoms with Crippen LogP contribution in [0.3, 0.4) is 0 Å². The van der Waals surface area contributed by atoms with Gasteiger partial charge in [-0.2, -0.15) is 4.99 Å². The second kappa shape index (κ2) is 10.4. The molecule has 1 saturated heterocycles. The van der Waals surface area contributed by atoms with Crippen LogP contribution in [0, 0.1) is 5.92 Å². The van der Waals surface area contributed by atoms with Crippen LogP contribution in [0.15, 0.2) is 35.8 Å². The van der Waals surface area contributed by atoms with Crippen LogP contribution in [0.2, 0.25) is 0 Å². The number of carbonyl (C=O) groups is 2. The van der Waals surface area contributed by atoms with Crippen LogP contribution < -0.4 is 9.54 Å². The van der Waals surface area contributed by atoms with Crippen LogP contribution in [0.1, 0.15) is 26.7 Å². The molecule has 2 amide bonds. The number of carbonyl (C=O) groups excluding carboxylic acids is 2. The van der Waals surface area contributed by atoms with E-state index >= 15 is 0 Å². The fourth-order valence-electron chi connectivity index (χ4n) is 3.62. The molecule has 1 aromatic carbocycles. The average molecular weight is 480 g/mol. The highest BCUT2D eigenvalue weighted by atomic mass is 32.2. The van der Waals surface area contributed by atoms with Crippen molar-refractivity contribution in [2.75, 3.05) is 31.2 Å². The van der Waals surface area contributed by atoms with Gasteiger partial charge < -0.3 is 14.2 Å². The van der Waals surface area contributed by atoms with E-state index in [-0.39, 0.29) is 0 Å². The number of rotatable bonds is 8. The van der Waals surface area contributed by atoms with Crippen molar-refractivity contribution in [1.29, 1.82) is 0 Å². The quantitative estimate of drug-likeness (QED) is 0.542. The van der Waals surface area contributed by atoms with Crippen molar-refractivity contribution in [3.05, 3.63) is 35.7 Å². The van der Waals surface area contributed by atoms with Gasteiger partial charge in [-0.05, 0) is 43.9 Å². The minimum Gasteiger partial charge on any atom is -0.494 e. The number of benzene rings is 1. The number of nitrogens with zero attached hydrogens (tertiary/aromatic N) is 3. The van der Waals surface area contributed by atoms with Gasteiger partial charge >= 0.3 is 0 Å². The molecule has 174 valence electrons. The lowest BCUT2D eigenvalue weighted by atomic mass is 9.99. The maximum Gasteiger partial charge on any atom is 0.263 e. The van der Waals surface area contributed by atoms with Gasteiger partial charge in [0.05, 0.1) is 16.8 Å². The molecule has 0 radical (unpaired) electrons. The fourth-order valence-corrected chi connectivity index (χ4v) is 5.80. The molecule has 0 saturated carbocycles. The minimum absolute atomic E-state index is 0.380. The molecular weight excluding hydrogens is 450 g/mol. The van der Waals surface area contributed by atoms with E-state index in [0.29, 0.717) is 42.7 Å². The molecule has 0 spiro atoms. The highest BCUT2D eigenvalue weighted by molar-refractivity contribution is 7.92. The molecule has 2 heterocycles. The van der Waals surface area contributed by atoms with E-state index in [0.717, 1.165) is 23.1 Å². The van der Waals surface area contributed by atoms with Crippen LogP contribution in [-0.2, 0) is 26.0 Å². The molecule has 0 atom stereocenters. The van der Waals surface area contributed by atoms with Gasteiger partial charge in [0.25, 0.3) is 5.91 Å². The third-order valence-electron chi connectivity index (χ3n) is 5.32. The zero-order valence-corrected chi connectivity index (χ0v) is 20.1. The summed E-state index contributed by atoms with van der Waals surface area (Å²) in [6.45, 7) is 9.82. The molecule has 1 aromatic heterocycles. The molecule has 2 aromatic rings. The van der Waals surface area contributed by atoms with Gasteiger partial charge in [0.2, 0.25) is 5.91 Å². The van der Waals surface area contributed by atoms with E-state index in [1.807, 2.05) is 25.1 Å². The first-order chi connectivity index (χ1) is 15.2. The number of ether oxygens (including phenoxy) is 1. The first kappa shape index (κ1) is 24.2. The Morgan fingerprint density at radius 2 is 2.00 bits per heavy atom. The maximum absolute atomic E-state index is 12.5. The van der Waals surface area contributed by atoms with Crippen molar-refractivity contribution in [2.45, 2.75) is 33.2 Å². The van der Waals surface area contributed by atoms with E-state index < -0.39 is 33.2 Å². The van der Waals surface area contributed by atoms with Crippen molar-refractivity contribution < 1.29 is 22.7 Å². The zero-order chi connectivity index (χ0) is 23.3. The summed E-state index contributed by atoms with van der Waals surface area (Å²) in [7, 11) is -3.91. The lowest BCUT2D eigenvalue weighted by molar-refractivity contribution is -0.129. The molecule has 0 unspecified atom stereocenters. The Morgan fingerprint density at radius 3 is 2.66 bits per heavy atom. The average Bonchev–Trinajstić information content (AvgIpc) is 3.04. The van der Waals surface area contributed by atoms with E-state index in [4.69, 9.17) is 4.74 Å². The molecule has 1 aliphatic heterocycles. The molecule has 0 N–H and O–H groups in total. The largest absolute Gasteiger partial charge is 0.494 e. The summed E-state index contributed by atoms with van der Waals surface area (Å²) in [5.41, 5.74) is 0.849. The van der Waals surface area contributed by atoms with Crippen LogP contribution in [0.25, 0.3) is 10.2 Å². The maximum atomic E-state index is 12.5. The van der Waals surface area contributed by atoms with Crippen molar-refractivity contribution in [2.24, 2.45) is 10.9 Å². The normalized spacial score (nSPS) is 15.8. The molecule has 32 heavy (non-hydrogen) atoms. The molecule has 1 aliphatic rings. The summed E-state index contributed by atoms with van der Waals surface area (Å²) in [6.07, 6.45) is 3.40. The van der Waals surface area contributed by atoms with Crippen molar-refractivity contribution in [3.8, 4) is 5.75 Å². The summed E-state index contributed by atoms with van der Waals surface area (Å²) < 4.78 is 33.2. The van der Waals surface area contributed by atoms with Crippen molar-refractivity contribution >= 4 is 43.2 Å². The van der Waals surface area contributed by atoms with E-state index in [2.05, 4.69) is 18.5 Å². The second-order valence-electron chi connectivity index (χ2n) is 7.95. The number of thiazole rings is 1. The van der Waals surface area contributed by atoms with Gasteiger partial charge in [0.15, 0.2) is 14.6 Å². The number of allylic oxidation sites excluding steroid dienone is 1. The van der Waals surface area contributed by atoms with Crippen molar-refractivity contribution in [1.82, 2.24) is 9.47 Å². The number of fused-ring (bicyclic) bond motifs is 1. The van der Waals surface area contributed by atoms with Gasteiger partial charge in [-0.25, -0.2) is 8.42 Å². The minimum atomic E-state index is -3.91. The number of piperidine rings is 1. The van der Waals surface area contributed by atoms with Crippen LogP contribution in [-0.4, -0.2) is 60.9 Å². The van der Waals surface area contributed by atoms with E-state index in [1.54, 1.807) is 15.5 Å². The zero-order valence-electron chi connectivity index (χ0n) is 18.5. The summed E-state index contributed by atoms with van der Waals surface area (Å²) in [5, 5.41) is 0. The number of amides is 2. The Kier molecular flexibility index (Phi) is 7.89. The van der Waals surface area contributed by atoms with Gasteiger partial charge in [-0.1, -0.05) is 24.3 Å². The van der Waals surface area contributed by atoms with Gasteiger partial charge in [0, 0.05) is 19.6 Å². The smallest absolute Gasteiger partial charge is 0.263 e. The predicted octanol–water partition coefficient (Wildman–Crippen LogP) is 2.39. The second-order valence-corrected chi connectivity index (χ2v) is 11.0. The fraction of sp³-hybridized carbons (Fsp3) is 0.500. The first-order valence-electron chi connectivity index (χ1n) is 10.6. The number of likely N-dealkylation sites (tertiary alicyclic amines) is 1. The molecular formula is C22H29N3O5S2. The van der Waals surface area contributed by atoms with Gasteiger partial charge in [0.1, 0.15) is 17.3 Å². The van der Waals surface area contributed by atoms with Crippen LogP contribution in [0.5, 0.6) is 5.75 Å². The standard InChI is InChI=1S/C22H29N3O5S2/c1-4-10-25-18-7-6-17(30-5-2)13-19(18)31-22(25)23-20(26)14-32(28,29)15-21(27)24-11-8-16(3)9-12-24/h4,6-7,13,16H,1,5,8-12,14-15H2,2-3H3. The number of sulfone groups is 1. The third-order valence-corrected chi connectivity index (χ3v) is 7.74. The molecule has 10 heteroatoms. The van der Waals surface area contributed by atoms with E-state index in [1.165, 1.54) is 11.3 Å². The van der Waals surface area contributed by atoms with E-state index in [9.17, 15) is 18.0 Å². The van der Waals surface area contributed by atoms with Crippen molar-refractivity contribution in [3.63, 3.8) is 0 Å². The Balaban J connectivity index is 1.78. The SMILES string of the molecule is C=CCn1c(=NC(=O)CS(=O)(=O)CC(=O)N2CCC(C)CC2)sc2cc(OCC)ccc21. The number of hydrogen-bond acceptors (Lipinski definition) is 6. The number of aromatic nitrogens is 1. The Bertz CT molecular complexity index is 1170. The molecule has 1 fully saturated rings. The third kappa shape index (κ3) is 6.07. The Hall–Kier alpha value is -2.46. The summed E-state index contributed by atoms with van der Waals surface area (Å²) in [4.78, 5) is 30.9. The first-order valence-corrected chi connectivity index (χ1v) is 13.3. The predicted molar refractivity (Wildman–Crippen MR) is 125 cm³/mol. The Morgan fingerprint density at radius 1 is 1.28 bits per heavy atom. The summed E-state index contributed by atoms with van der Waals surface area (Å²) in [6, 6.07) is 5.57. The monoisotopic (exact) mass is 479 g/mol. The van der Waals surface area contributed by atoms with Crippen LogP contribution in [0.4, 0.5) is 0 Å². The number of hydrogen-bond donors (Lipinski definition) is 0. The summed E-state index contributed by atoms with van der Waals surface area (Å²) >= 11 is 1.27. The highest BCUT2D eigenvalue weighted by Crippen LogP contribution is 2.23. The summed E-state index contributed by atoms with van der Waals surface area (Å²) in [5.74, 6) is -1.46. The van der Waals surface area contributed by atoms with Gasteiger partial charge in [-0.15, -0.1) is 6.58 Å². The van der Waals surface area contributed by atoms with Gasteiger partial charge in [-0.3, -0.25) is 9.59 Å². The topological polar surface area (TPSA) is 98.0 Å². The lowest BCUT2D eigenvalue weighted by Crippen LogP contribution is -2.41.